The molecule has 2 N–H and O–H groups in total. The van der Waals surface area contributed by atoms with Crippen molar-refractivity contribution < 1.29 is 4.79 Å². The molecule has 1 saturated heterocycles. The summed E-state index contributed by atoms with van der Waals surface area (Å²) >= 11 is 6.52. The molecule has 7 heteroatoms. The summed E-state index contributed by atoms with van der Waals surface area (Å²) < 4.78 is 0.537. The van der Waals surface area contributed by atoms with Gasteiger partial charge in [-0.1, -0.05) is 57.2 Å². The minimum absolute atomic E-state index is 0.0811. The Kier molecular flexibility index (Phi) is 3.61. The molecule has 1 aromatic rings. The highest BCUT2D eigenvalue weighted by Crippen LogP contribution is 2.62. The van der Waals surface area contributed by atoms with E-state index in [0.717, 1.165) is 15.5 Å². The Balaban J connectivity index is 1.98. The second kappa shape index (κ2) is 5.31. The summed E-state index contributed by atoms with van der Waals surface area (Å²) in [6.45, 7) is 6.45. The van der Waals surface area contributed by atoms with Crippen LogP contribution in [0.1, 0.15) is 25.0 Å². The van der Waals surface area contributed by atoms with Gasteiger partial charge in [0.1, 0.15) is 4.32 Å². The molecule has 4 rings (SSSR count). The molecule has 0 saturated carbocycles. The molecule has 0 unspecified atom stereocenters. The van der Waals surface area contributed by atoms with Crippen molar-refractivity contribution in [2.24, 2.45) is 0 Å². The number of hydrogen-bond donors (Lipinski definition) is 2. The van der Waals surface area contributed by atoms with Crippen LogP contribution in [0, 0.1) is 6.92 Å². The van der Waals surface area contributed by atoms with E-state index < -0.39 is 0 Å². The molecule has 0 spiro atoms. The van der Waals surface area contributed by atoms with E-state index in [1.54, 1.807) is 21.6 Å². The Hall–Kier alpha value is -0.890. The van der Waals surface area contributed by atoms with Crippen molar-refractivity contribution in [2.45, 2.75) is 26.3 Å². The lowest BCUT2D eigenvalue weighted by Crippen LogP contribution is -2.35. The van der Waals surface area contributed by atoms with Crippen molar-refractivity contribution in [1.29, 1.82) is 0 Å². The largest absolute Gasteiger partial charge is 0.375 e. The van der Waals surface area contributed by atoms with Crippen LogP contribution in [0.4, 0.5) is 5.69 Å². The fourth-order valence-electron chi connectivity index (χ4n) is 2.91. The number of aryl methyl sites for hydroxylation is 1. The highest BCUT2D eigenvalue weighted by Gasteiger charge is 2.41. The summed E-state index contributed by atoms with van der Waals surface area (Å²) in [5.74, 6) is -0.0811. The number of carbonyl (C=O) groups is 1. The lowest BCUT2D eigenvalue weighted by Gasteiger charge is -2.35. The van der Waals surface area contributed by atoms with Crippen LogP contribution < -0.4 is 10.6 Å². The van der Waals surface area contributed by atoms with Gasteiger partial charge in [0, 0.05) is 26.6 Å². The number of nitrogens with one attached hydrogen (secondary N) is 2. The highest BCUT2D eigenvalue weighted by atomic mass is 33.1. The highest BCUT2D eigenvalue weighted by molar-refractivity contribution is 8.80. The lowest BCUT2D eigenvalue weighted by molar-refractivity contribution is -0.115. The molecule has 3 heterocycles. The van der Waals surface area contributed by atoms with Crippen LogP contribution in [-0.2, 0) is 4.79 Å². The first-order valence-electron chi connectivity index (χ1n) is 7.13. The fraction of sp³-hybridized carbons (Fsp3) is 0.250. The number of anilines is 1. The number of thioether (sulfide) groups is 1. The Labute approximate surface area is 152 Å². The minimum Gasteiger partial charge on any atom is -0.375 e. The number of hydrogen-bond acceptors (Lipinski definition) is 6. The van der Waals surface area contributed by atoms with E-state index in [1.165, 1.54) is 33.4 Å². The number of fused-ring (bicyclic) bond motifs is 2. The zero-order valence-electron chi connectivity index (χ0n) is 12.8. The average molecular weight is 379 g/mol. The summed E-state index contributed by atoms with van der Waals surface area (Å²) in [5.41, 5.74) is 4.53. The summed E-state index contributed by atoms with van der Waals surface area (Å²) in [7, 11) is 3.40. The van der Waals surface area contributed by atoms with Gasteiger partial charge in [-0.2, -0.15) is 0 Å². The number of allylic oxidation sites excluding steroid dienone is 1. The maximum absolute atomic E-state index is 12.2. The van der Waals surface area contributed by atoms with Crippen LogP contribution in [0.2, 0.25) is 0 Å². The van der Waals surface area contributed by atoms with Crippen molar-refractivity contribution in [3.8, 4) is 0 Å². The lowest BCUT2D eigenvalue weighted by atomic mass is 9.88. The third-order valence-electron chi connectivity index (χ3n) is 3.94. The van der Waals surface area contributed by atoms with E-state index in [0.29, 0.717) is 4.32 Å². The SMILES string of the molecule is Cc1ccc2c(c1)C1=C(SS/C1=C1\SC(=S)NC1=O)C(C)(C)N2. The molecule has 23 heavy (non-hydrogen) atoms. The normalized spacial score (nSPS) is 25.2. The Morgan fingerprint density at radius 1 is 1.17 bits per heavy atom. The smallest absolute Gasteiger partial charge is 0.264 e. The molecule has 0 aliphatic carbocycles. The molecule has 1 amide bonds. The van der Waals surface area contributed by atoms with Gasteiger partial charge in [-0.05, 0) is 32.9 Å². The summed E-state index contributed by atoms with van der Waals surface area (Å²) in [5, 5.41) is 6.35. The zero-order valence-corrected chi connectivity index (χ0v) is 16.0. The van der Waals surface area contributed by atoms with Gasteiger partial charge in [-0.15, -0.1) is 0 Å². The molecule has 3 aliphatic heterocycles. The van der Waals surface area contributed by atoms with Gasteiger partial charge in [-0.25, -0.2) is 0 Å². The second-order valence-corrected chi connectivity index (χ2v) is 10.0. The predicted octanol–water partition coefficient (Wildman–Crippen LogP) is 4.66. The van der Waals surface area contributed by atoms with Gasteiger partial charge in [-0.3, -0.25) is 4.79 Å². The first kappa shape index (κ1) is 15.6. The maximum atomic E-state index is 12.2. The molecule has 0 atom stereocenters. The average Bonchev–Trinajstić information content (AvgIpc) is 3.03. The van der Waals surface area contributed by atoms with Crippen LogP contribution in [0.3, 0.4) is 0 Å². The van der Waals surface area contributed by atoms with E-state index >= 15 is 0 Å². The van der Waals surface area contributed by atoms with Gasteiger partial charge in [0.25, 0.3) is 5.91 Å². The molecular formula is C16H14N2OS4. The number of thiocarbonyl (C=S) groups is 1. The summed E-state index contributed by atoms with van der Waals surface area (Å²) in [6.07, 6.45) is 0. The topological polar surface area (TPSA) is 41.1 Å². The molecular weight excluding hydrogens is 364 g/mol. The van der Waals surface area contributed by atoms with E-state index in [9.17, 15) is 4.79 Å². The van der Waals surface area contributed by atoms with Crippen LogP contribution in [0.15, 0.2) is 32.9 Å². The molecule has 1 aromatic carbocycles. The van der Waals surface area contributed by atoms with Crippen LogP contribution >= 0.6 is 45.6 Å². The predicted molar refractivity (Wildman–Crippen MR) is 106 cm³/mol. The van der Waals surface area contributed by atoms with Crippen molar-refractivity contribution in [3.05, 3.63) is 44.0 Å². The Bertz CT molecular complexity index is 838. The second-order valence-electron chi connectivity index (χ2n) is 6.17. The number of amides is 1. The molecule has 0 aromatic heterocycles. The van der Waals surface area contributed by atoms with Crippen molar-refractivity contribution >= 4 is 67.1 Å². The van der Waals surface area contributed by atoms with E-state index in [4.69, 9.17) is 12.2 Å². The first-order chi connectivity index (χ1) is 10.9. The number of benzene rings is 1. The molecule has 118 valence electrons. The van der Waals surface area contributed by atoms with Gasteiger partial charge in [0.15, 0.2) is 0 Å². The van der Waals surface area contributed by atoms with Gasteiger partial charge >= 0.3 is 0 Å². The molecule has 3 nitrogen and oxygen atoms in total. The Morgan fingerprint density at radius 3 is 2.65 bits per heavy atom. The van der Waals surface area contributed by atoms with Crippen LogP contribution in [0.25, 0.3) is 5.57 Å². The van der Waals surface area contributed by atoms with Crippen LogP contribution in [0.5, 0.6) is 0 Å². The summed E-state index contributed by atoms with van der Waals surface area (Å²) in [6, 6.07) is 6.43. The molecule has 0 bridgehead atoms. The first-order valence-corrected chi connectivity index (χ1v) is 10.5. The van der Waals surface area contributed by atoms with Crippen molar-refractivity contribution in [2.75, 3.05) is 5.32 Å². The Morgan fingerprint density at radius 2 is 1.96 bits per heavy atom. The van der Waals surface area contributed by atoms with Crippen molar-refractivity contribution in [3.63, 3.8) is 0 Å². The quantitative estimate of drug-likeness (QED) is 0.389. The van der Waals surface area contributed by atoms with Crippen LogP contribution in [-0.4, -0.2) is 15.8 Å². The van der Waals surface area contributed by atoms with Gasteiger partial charge in [0.05, 0.1) is 10.4 Å². The van der Waals surface area contributed by atoms with Gasteiger partial charge < -0.3 is 10.6 Å². The standard InChI is InChI=1S/C16H14N2OS4/c1-7-4-5-9-8(6-7)10-11(12-14(19)17-15(20)21-12)22-23-13(10)16(2,3)18-9/h4-6,18H,1-3H3,(H,17,19,20)/b12-11-. The fourth-order valence-corrected chi connectivity index (χ4v) is 7.46. The van der Waals surface area contributed by atoms with Crippen molar-refractivity contribution in [1.82, 2.24) is 5.32 Å². The molecule has 1 fully saturated rings. The zero-order chi connectivity index (χ0) is 16.4. The van der Waals surface area contributed by atoms with E-state index in [2.05, 4.69) is 49.6 Å². The summed E-state index contributed by atoms with van der Waals surface area (Å²) in [4.78, 5) is 15.3. The number of carbonyl (C=O) groups excluding carboxylic acids is 1. The maximum Gasteiger partial charge on any atom is 0.264 e. The van der Waals surface area contributed by atoms with Gasteiger partial charge in [0.2, 0.25) is 0 Å². The number of rotatable bonds is 0. The third-order valence-corrected chi connectivity index (χ3v) is 8.10. The monoisotopic (exact) mass is 378 g/mol. The minimum atomic E-state index is -0.155. The van der Waals surface area contributed by atoms with E-state index in [-0.39, 0.29) is 11.4 Å². The third kappa shape index (κ3) is 2.45. The molecule has 3 aliphatic rings. The van der Waals surface area contributed by atoms with E-state index in [1.807, 2.05) is 0 Å². The molecule has 0 radical (unpaired) electrons.